The zero-order valence-corrected chi connectivity index (χ0v) is 7.91. The first-order chi connectivity index (χ1) is 6.63. The lowest BCUT2D eigenvalue weighted by molar-refractivity contribution is -0.0498. The van der Waals surface area contributed by atoms with E-state index >= 15 is 0 Å². The van der Waals surface area contributed by atoms with Crippen molar-refractivity contribution in [3.8, 4) is 5.75 Å². The molecule has 1 aromatic rings. The molecular formula is C10H13F2NO. The molecule has 0 aliphatic heterocycles. The van der Waals surface area contributed by atoms with E-state index < -0.39 is 6.61 Å². The first kappa shape index (κ1) is 10.9. The minimum atomic E-state index is -2.78. The van der Waals surface area contributed by atoms with Crippen LogP contribution in [0.1, 0.15) is 24.9 Å². The molecule has 0 heterocycles. The largest absolute Gasteiger partial charge is 0.435 e. The normalized spacial score (nSPS) is 12.9. The standard InChI is InChI=1S/C10H13F2NO/c1-2-9(13)7-3-5-8(6-4-7)14-10(11)12/h3-6,9-10H,2,13H2,1H3. The van der Waals surface area contributed by atoms with Gasteiger partial charge >= 0.3 is 6.61 Å². The molecule has 1 rings (SSSR count). The fraction of sp³-hybridized carbons (Fsp3) is 0.400. The van der Waals surface area contributed by atoms with Gasteiger partial charge in [-0.1, -0.05) is 19.1 Å². The van der Waals surface area contributed by atoms with Gasteiger partial charge in [0, 0.05) is 6.04 Å². The van der Waals surface area contributed by atoms with Crippen molar-refractivity contribution in [2.75, 3.05) is 0 Å². The van der Waals surface area contributed by atoms with E-state index in [4.69, 9.17) is 5.73 Å². The van der Waals surface area contributed by atoms with Crippen molar-refractivity contribution >= 4 is 0 Å². The van der Waals surface area contributed by atoms with Crippen molar-refractivity contribution in [2.45, 2.75) is 26.0 Å². The first-order valence-electron chi connectivity index (χ1n) is 4.43. The van der Waals surface area contributed by atoms with Crippen LogP contribution in [-0.2, 0) is 0 Å². The lowest BCUT2D eigenvalue weighted by atomic mass is 10.1. The van der Waals surface area contributed by atoms with Crippen molar-refractivity contribution in [3.05, 3.63) is 29.8 Å². The zero-order valence-electron chi connectivity index (χ0n) is 7.91. The van der Waals surface area contributed by atoms with E-state index in [1.807, 2.05) is 6.92 Å². The van der Waals surface area contributed by atoms with Crippen LogP contribution in [0.5, 0.6) is 5.75 Å². The third-order valence-corrected chi connectivity index (χ3v) is 1.97. The Morgan fingerprint density at radius 2 is 1.86 bits per heavy atom. The Morgan fingerprint density at radius 1 is 1.29 bits per heavy atom. The fourth-order valence-electron chi connectivity index (χ4n) is 1.13. The molecule has 0 amide bonds. The molecule has 0 saturated carbocycles. The molecule has 1 atom stereocenters. The van der Waals surface area contributed by atoms with Crippen molar-refractivity contribution in [1.82, 2.24) is 0 Å². The molecule has 0 aromatic heterocycles. The maximum absolute atomic E-state index is 11.8. The Labute approximate surface area is 81.7 Å². The van der Waals surface area contributed by atoms with E-state index in [1.54, 1.807) is 12.1 Å². The third kappa shape index (κ3) is 2.96. The molecule has 1 unspecified atom stereocenters. The number of benzene rings is 1. The number of hydrogen-bond acceptors (Lipinski definition) is 2. The van der Waals surface area contributed by atoms with Crippen LogP contribution in [-0.4, -0.2) is 6.61 Å². The molecule has 0 fully saturated rings. The second-order valence-electron chi connectivity index (χ2n) is 2.96. The predicted octanol–water partition coefficient (Wildman–Crippen LogP) is 2.70. The Hall–Kier alpha value is -1.16. The number of ether oxygens (including phenoxy) is 1. The van der Waals surface area contributed by atoms with Gasteiger partial charge in [-0.2, -0.15) is 8.78 Å². The van der Waals surface area contributed by atoms with Gasteiger partial charge in [-0.15, -0.1) is 0 Å². The van der Waals surface area contributed by atoms with Crippen LogP contribution in [0.2, 0.25) is 0 Å². The van der Waals surface area contributed by atoms with Crippen LogP contribution >= 0.6 is 0 Å². The van der Waals surface area contributed by atoms with Crippen LogP contribution < -0.4 is 10.5 Å². The van der Waals surface area contributed by atoms with E-state index in [1.165, 1.54) is 12.1 Å². The van der Waals surface area contributed by atoms with E-state index in [0.717, 1.165) is 12.0 Å². The van der Waals surface area contributed by atoms with E-state index in [-0.39, 0.29) is 11.8 Å². The minimum Gasteiger partial charge on any atom is -0.435 e. The average molecular weight is 201 g/mol. The van der Waals surface area contributed by atoms with Crippen LogP contribution in [0, 0.1) is 0 Å². The van der Waals surface area contributed by atoms with Crippen molar-refractivity contribution in [2.24, 2.45) is 5.73 Å². The monoisotopic (exact) mass is 201 g/mol. The Kier molecular flexibility index (Phi) is 3.83. The maximum atomic E-state index is 11.8. The average Bonchev–Trinajstić information content (AvgIpc) is 2.17. The van der Waals surface area contributed by atoms with Gasteiger partial charge in [-0.3, -0.25) is 0 Å². The molecule has 0 radical (unpaired) electrons. The smallest absolute Gasteiger partial charge is 0.387 e. The number of rotatable bonds is 4. The third-order valence-electron chi connectivity index (χ3n) is 1.97. The SMILES string of the molecule is CCC(N)c1ccc(OC(F)F)cc1. The van der Waals surface area contributed by atoms with Crippen molar-refractivity contribution in [1.29, 1.82) is 0 Å². The quantitative estimate of drug-likeness (QED) is 0.812. The van der Waals surface area contributed by atoms with Crippen LogP contribution in [0.15, 0.2) is 24.3 Å². The molecule has 4 heteroatoms. The van der Waals surface area contributed by atoms with Crippen molar-refractivity contribution < 1.29 is 13.5 Å². The number of halogens is 2. The predicted molar refractivity (Wildman–Crippen MR) is 50.3 cm³/mol. The summed E-state index contributed by atoms with van der Waals surface area (Å²) in [6.07, 6.45) is 0.815. The Morgan fingerprint density at radius 3 is 2.29 bits per heavy atom. The molecule has 2 N–H and O–H groups in total. The van der Waals surface area contributed by atoms with Gasteiger partial charge in [0.2, 0.25) is 0 Å². The lowest BCUT2D eigenvalue weighted by Crippen LogP contribution is -2.08. The van der Waals surface area contributed by atoms with E-state index in [0.29, 0.717) is 0 Å². The molecule has 2 nitrogen and oxygen atoms in total. The van der Waals surface area contributed by atoms with Crippen LogP contribution in [0.3, 0.4) is 0 Å². The topological polar surface area (TPSA) is 35.2 Å². The minimum absolute atomic E-state index is 0.0457. The second-order valence-corrected chi connectivity index (χ2v) is 2.96. The molecule has 78 valence electrons. The summed E-state index contributed by atoms with van der Waals surface area (Å²) >= 11 is 0. The van der Waals surface area contributed by atoms with Gasteiger partial charge in [0.15, 0.2) is 0 Å². The van der Waals surface area contributed by atoms with Crippen molar-refractivity contribution in [3.63, 3.8) is 0 Å². The molecule has 0 aliphatic rings. The molecule has 0 saturated heterocycles. The fourth-order valence-corrected chi connectivity index (χ4v) is 1.13. The number of alkyl halides is 2. The molecule has 0 spiro atoms. The maximum Gasteiger partial charge on any atom is 0.387 e. The van der Waals surface area contributed by atoms with E-state index in [9.17, 15) is 8.78 Å². The molecule has 14 heavy (non-hydrogen) atoms. The first-order valence-corrected chi connectivity index (χ1v) is 4.43. The molecular weight excluding hydrogens is 188 g/mol. The van der Waals surface area contributed by atoms with Gasteiger partial charge in [-0.25, -0.2) is 0 Å². The van der Waals surface area contributed by atoms with Gasteiger partial charge in [0.05, 0.1) is 0 Å². The summed E-state index contributed by atoms with van der Waals surface area (Å²) in [6, 6.07) is 6.35. The molecule has 0 bridgehead atoms. The van der Waals surface area contributed by atoms with Gasteiger partial charge in [0.1, 0.15) is 5.75 Å². The summed E-state index contributed by atoms with van der Waals surface area (Å²) in [4.78, 5) is 0. The summed E-state index contributed by atoms with van der Waals surface area (Å²) in [5.74, 6) is 0.159. The highest BCUT2D eigenvalue weighted by Crippen LogP contribution is 2.19. The summed E-state index contributed by atoms with van der Waals surface area (Å²) in [7, 11) is 0. The highest BCUT2D eigenvalue weighted by molar-refractivity contribution is 5.28. The summed E-state index contributed by atoms with van der Waals surface area (Å²) in [6.45, 7) is -0.811. The molecule has 1 aromatic carbocycles. The number of hydrogen-bond donors (Lipinski definition) is 1. The Balaban J connectivity index is 2.68. The van der Waals surface area contributed by atoms with E-state index in [2.05, 4.69) is 4.74 Å². The highest BCUT2D eigenvalue weighted by Gasteiger charge is 2.06. The highest BCUT2D eigenvalue weighted by atomic mass is 19.3. The Bertz CT molecular complexity index is 274. The molecule has 0 aliphatic carbocycles. The van der Waals surface area contributed by atoms with Gasteiger partial charge < -0.3 is 10.5 Å². The summed E-state index contributed by atoms with van der Waals surface area (Å²) < 4.78 is 27.8. The lowest BCUT2D eigenvalue weighted by Gasteiger charge is -2.10. The number of nitrogens with two attached hydrogens (primary N) is 1. The zero-order chi connectivity index (χ0) is 10.6. The summed E-state index contributed by atoms with van der Waals surface area (Å²) in [5, 5.41) is 0. The van der Waals surface area contributed by atoms with Crippen LogP contribution in [0.25, 0.3) is 0 Å². The van der Waals surface area contributed by atoms with Crippen LogP contribution in [0.4, 0.5) is 8.78 Å². The second kappa shape index (κ2) is 4.91. The van der Waals surface area contributed by atoms with Gasteiger partial charge in [-0.05, 0) is 24.1 Å². The van der Waals surface area contributed by atoms with Gasteiger partial charge in [0.25, 0.3) is 0 Å². The summed E-state index contributed by atoms with van der Waals surface area (Å²) in [5.41, 5.74) is 6.68.